The van der Waals surface area contributed by atoms with Crippen molar-refractivity contribution in [3.63, 3.8) is 0 Å². The van der Waals surface area contributed by atoms with Gasteiger partial charge in [0.2, 0.25) is 0 Å². The molecule has 1 atom stereocenters. The SMILES string of the molecule is CC(Cc1ccc2c(c1)CCN2)N1CCN(c2ccccc2)CC1. The van der Waals surface area contributed by atoms with Gasteiger partial charge in [0.25, 0.3) is 0 Å². The zero-order valence-corrected chi connectivity index (χ0v) is 14.5. The normalized spacial score (nSPS) is 19.0. The van der Waals surface area contributed by atoms with Crippen LogP contribution < -0.4 is 10.2 Å². The smallest absolute Gasteiger partial charge is 0.0373 e. The highest BCUT2D eigenvalue weighted by molar-refractivity contribution is 5.56. The van der Waals surface area contributed by atoms with Crippen LogP contribution in [0, 0.1) is 0 Å². The van der Waals surface area contributed by atoms with Crippen LogP contribution in [-0.4, -0.2) is 43.7 Å². The van der Waals surface area contributed by atoms with Gasteiger partial charge in [-0.2, -0.15) is 0 Å². The van der Waals surface area contributed by atoms with E-state index in [0.717, 1.165) is 39.1 Å². The molecule has 2 aromatic carbocycles. The standard InChI is InChI=1S/C21H27N3/c1-17(15-18-7-8-21-19(16-18)9-10-22-21)23-11-13-24(14-12-23)20-5-3-2-4-6-20/h2-8,16-17,22H,9-15H2,1H3. The molecule has 0 saturated carbocycles. The predicted molar refractivity (Wildman–Crippen MR) is 102 cm³/mol. The summed E-state index contributed by atoms with van der Waals surface area (Å²) in [4.78, 5) is 5.15. The lowest BCUT2D eigenvalue weighted by Gasteiger charge is -2.39. The molecule has 2 heterocycles. The monoisotopic (exact) mass is 321 g/mol. The topological polar surface area (TPSA) is 18.5 Å². The van der Waals surface area contributed by atoms with Gasteiger partial charge in [-0.1, -0.05) is 30.3 Å². The average molecular weight is 321 g/mol. The van der Waals surface area contributed by atoms with E-state index in [4.69, 9.17) is 0 Å². The summed E-state index contributed by atoms with van der Waals surface area (Å²) in [5, 5.41) is 3.45. The fourth-order valence-electron chi connectivity index (χ4n) is 4.02. The van der Waals surface area contributed by atoms with Crippen LogP contribution in [0.3, 0.4) is 0 Å². The summed E-state index contributed by atoms with van der Waals surface area (Å²) in [6, 6.07) is 18.4. The minimum Gasteiger partial charge on any atom is -0.384 e. The highest BCUT2D eigenvalue weighted by Crippen LogP contribution is 2.24. The number of piperazine rings is 1. The molecule has 2 aliphatic rings. The lowest BCUT2D eigenvalue weighted by atomic mass is 10.0. The predicted octanol–water partition coefficient (Wildman–Crippen LogP) is 3.41. The van der Waals surface area contributed by atoms with E-state index in [1.54, 1.807) is 0 Å². The molecule has 126 valence electrons. The molecule has 2 aromatic rings. The van der Waals surface area contributed by atoms with Gasteiger partial charge in [-0.15, -0.1) is 0 Å². The molecule has 0 amide bonds. The molecular weight excluding hydrogens is 294 g/mol. The van der Waals surface area contributed by atoms with E-state index in [2.05, 4.69) is 70.6 Å². The summed E-state index contributed by atoms with van der Waals surface area (Å²) in [6.07, 6.45) is 2.33. The van der Waals surface area contributed by atoms with Crippen molar-refractivity contribution >= 4 is 11.4 Å². The second-order valence-electron chi connectivity index (χ2n) is 7.08. The zero-order chi connectivity index (χ0) is 16.4. The number of anilines is 2. The highest BCUT2D eigenvalue weighted by atomic mass is 15.3. The van der Waals surface area contributed by atoms with Gasteiger partial charge in [0.1, 0.15) is 0 Å². The quantitative estimate of drug-likeness (QED) is 0.931. The largest absolute Gasteiger partial charge is 0.384 e. The molecule has 1 N–H and O–H groups in total. The third-order valence-electron chi connectivity index (χ3n) is 5.47. The molecule has 0 radical (unpaired) electrons. The number of nitrogens with zero attached hydrogens (tertiary/aromatic N) is 2. The van der Waals surface area contributed by atoms with Crippen molar-refractivity contribution in [3.8, 4) is 0 Å². The van der Waals surface area contributed by atoms with Crippen LogP contribution in [0.15, 0.2) is 48.5 Å². The van der Waals surface area contributed by atoms with E-state index >= 15 is 0 Å². The third-order valence-corrected chi connectivity index (χ3v) is 5.47. The van der Waals surface area contributed by atoms with Gasteiger partial charge >= 0.3 is 0 Å². The summed E-state index contributed by atoms with van der Waals surface area (Å²) in [5.41, 5.74) is 5.67. The number of rotatable bonds is 4. The van der Waals surface area contributed by atoms with Gasteiger partial charge in [-0.25, -0.2) is 0 Å². The Morgan fingerprint density at radius 1 is 1.00 bits per heavy atom. The fourth-order valence-corrected chi connectivity index (χ4v) is 4.02. The van der Waals surface area contributed by atoms with E-state index < -0.39 is 0 Å². The lowest BCUT2D eigenvalue weighted by Crippen LogP contribution is -2.50. The molecule has 1 fully saturated rings. The van der Waals surface area contributed by atoms with Crippen molar-refractivity contribution in [1.29, 1.82) is 0 Å². The van der Waals surface area contributed by atoms with Crippen molar-refractivity contribution in [2.24, 2.45) is 0 Å². The molecule has 24 heavy (non-hydrogen) atoms. The number of hydrogen-bond donors (Lipinski definition) is 1. The first-order chi connectivity index (χ1) is 11.8. The molecule has 0 bridgehead atoms. The van der Waals surface area contributed by atoms with E-state index in [-0.39, 0.29) is 0 Å². The van der Waals surface area contributed by atoms with E-state index in [1.165, 1.54) is 28.9 Å². The number of benzene rings is 2. The Hall–Kier alpha value is -2.00. The number of nitrogens with one attached hydrogen (secondary N) is 1. The van der Waals surface area contributed by atoms with Crippen molar-refractivity contribution < 1.29 is 0 Å². The van der Waals surface area contributed by atoms with Crippen LogP contribution in [0.1, 0.15) is 18.1 Å². The number of hydrogen-bond acceptors (Lipinski definition) is 3. The van der Waals surface area contributed by atoms with Gasteiger partial charge in [0, 0.05) is 50.1 Å². The van der Waals surface area contributed by atoms with Gasteiger partial charge in [-0.05, 0) is 49.1 Å². The summed E-state index contributed by atoms with van der Waals surface area (Å²) >= 11 is 0. The number of fused-ring (bicyclic) bond motifs is 1. The number of para-hydroxylation sites is 1. The molecule has 0 aliphatic carbocycles. The Morgan fingerprint density at radius 2 is 1.79 bits per heavy atom. The van der Waals surface area contributed by atoms with Crippen LogP contribution in [0.5, 0.6) is 0 Å². The molecule has 3 heteroatoms. The third kappa shape index (κ3) is 3.27. The first-order valence-electron chi connectivity index (χ1n) is 9.19. The first kappa shape index (κ1) is 15.5. The average Bonchev–Trinajstić information content (AvgIpc) is 3.10. The molecule has 2 aliphatic heterocycles. The van der Waals surface area contributed by atoms with Gasteiger partial charge < -0.3 is 10.2 Å². The second-order valence-corrected chi connectivity index (χ2v) is 7.08. The van der Waals surface area contributed by atoms with Crippen molar-refractivity contribution in [2.75, 3.05) is 42.9 Å². The molecule has 4 rings (SSSR count). The maximum absolute atomic E-state index is 3.45. The molecule has 3 nitrogen and oxygen atoms in total. The maximum atomic E-state index is 3.45. The van der Waals surface area contributed by atoms with Crippen LogP contribution in [-0.2, 0) is 12.8 Å². The Kier molecular flexibility index (Phi) is 4.44. The zero-order valence-electron chi connectivity index (χ0n) is 14.5. The maximum Gasteiger partial charge on any atom is 0.0373 e. The summed E-state index contributed by atoms with van der Waals surface area (Å²) in [5.74, 6) is 0. The molecular formula is C21H27N3. The van der Waals surface area contributed by atoms with Crippen LogP contribution in [0.25, 0.3) is 0 Å². The molecule has 0 spiro atoms. The second kappa shape index (κ2) is 6.86. The molecule has 1 unspecified atom stereocenters. The van der Waals surface area contributed by atoms with Gasteiger partial charge in [-0.3, -0.25) is 4.90 Å². The summed E-state index contributed by atoms with van der Waals surface area (Å²) < 4.78 is 0. The van der Waals surface area contributed by atoms with Crippen LogP contribution >= 0.6 is 0 Å². The van der Waals surface area contributed by atoms with E-state index in [9.17, 15) is 0 Å². The first-order valence-corrected chi connectivity index (χ1v) is 9.19. The minimum atomic E-state index is 0.607. The summed E-state index contributed by atoms with van der Waals surface area (Å²) in [7, 11) is 0. The van der Waals surface area contributed by atoms with Crippen LogP contribution in [0.4, 0.5) is 11.4 Å². The Balaban J connectivity index is 1.34. The van der Waals surface area contributed by atoms with Crippen LogP contribution in [0.2, 0.25) is 0 Å². The Bertz CT molecular complexity index is 675. The molecule has 1 saturated heterocycles. The lowest BCUT2D eigenvalue weighted by molar-refractivity contribution is 0.196. The Labute approximate surface area is 145 Å². The van der Waals surface area contributed by atoms with Gasteiger partial charge in [0.15, 0.2) is 0 Å². The molecule has 0 aromatic heterocycles. The van der Waals surface area contributed by atoms with E-state index in [0.29, 0.717) is 6.04 Å². The van der Waals surface area contributed by atoms with Gasteiger partial charge in [0.05, 0.1) is 0 Å². The van der Waals surface area contributed by atoms with Crippen molar-refractivity contribution in [3.05, 3.63) is 59.7 Å². The fraction of sp³-hybridized carbons (Fsp3) is 0.429. The summed E-state index contributed by atoms with van der Waals surface area (Å²) in [6.45, 7) is 8.04. The Morgan fingerprint density at radius 3 is 2.58 bits per heavy atom. The van der Waals surface area contributed by atoms with Crippen molar-refractivity contribution in [1.82, 2.24) is 4.90 Å². The highest BCUT2D eigenvalue weighted by Gasteiger charge is 2.21. The van der Waals surface area contributed by atoms with E-state index in [1.807, 2.05) is 0 Å². The minimum absolute atomic E-state index is 0.607. The van der Waals surface area contributed by atoms with Crippen molar-refractivity contribution in [2.45, 2.75) is 25.8 Å².